The van der Waals surface area contributed by atoms with Crippen LogP contribution in [0.2, 0.25) is 0 Å². The van der Waals surface area contributed by atoms with Crippen LogP contribution in [0.5, 0.6) is 0 Å². The molecule has 1 heterocycles. The van der Waals surface area contributed by atoms with Gasteiger partial charge < -0.3 is 10.3 Å². The third-order valence-electron chi connectivity index (χ3n) is 3.13. The summed E-state index contributed by atoms with van der Waals surface area (Å²) < 4.78 is 0. The molecule has 0 aliphatic carbocycles. The van der Waals surface area contributed by atoms with E-state index in [4.69, 9.17) is 0 Å². The average molecular weight is 264 g/mol. The van der Waals surface area contributed by atoms with Gasteiger partial charge in [0.25, 0.3) is 5.91 Å². The molecule has 2 N–H and O–H groups in total. The molecule has 1 aromatic rings. The van der Waals surface area contributed by atoms with Crippen molar-refractivity contribution in [3.8, 4) is 0 Å². The molecule has 0 fully saturated rings. The number of carbonyl (C=O) groups excluding carboxylic acids is 2. The lowest BCUT2D eigenvalue weighted by Gasteiger charge is -2.13. The van der Waals surface area contributed by atoms with Crippen molar-refractivity contribution >= 4 is 11.7 Å². The van der Waals surface area contributed by atoms with E-state index < -0.39 is 0 Å². The first-order chi connectivity index (χ1) is 8.90. The second-order valence-electron chi connectivity index (χ2n) is 5.56. The Hall–Kier alpha value is -1.58. The number of hydrogen-bond donors (Lipinski definition) is 2. The standard InChI is InChI=1S/C15H24N2O2/c1-10(2)6-5-7-11(3)17-15(19)14-8-13(9-16-14)12(4)18/h8-11,16H,5-7H2,1-4H3,(H,17,19). The Labute approximate surface area is 115 Å². The highest BCUT2D eigenvalue weighted by Gasteiger charge is 2.13. The number of aromatic amines is 1. The molecule has 106 valence electrons. The first kappa shape index (κ1) is 15.5. The molecule has 1 rings (SSSR count). The predicted octanol–water partition coefficient (Wildman–Crippen LogP) is 3.16. The molecule has 0 aromatic carbocycles. The zero-order valence-corrected chi connectivity index (χ0v) is 12.2. The van der Waals surface area contributed by atoms with Crippen molar-refractivity contribution in [2.75, 3.05) is 0 Å². The van der Waals surface area contributed by atoms with E-state index >= 15 is 0 Å². The van der Waals surface area contributed by atoms with E-state index in [2.05, 4.69) is 24.1 Å². The molecule has 0 bridgehead atoms. The van der Waals surface area contributed by atoms with Gasteiger partial charge >= 0.3 is 0 Å². The van der Waals surface area contributed by atoms with Crippen molar-refractivity contribution < 1.29 is 9.59 Å². The number of hydrogen-bond acceptors (Lipinski definition) is 2. The summed E-state index contributed by atoms with van der Waals surface area (Å²) in [5.74, 6) is 0.509. The van der Waals surface area contributed by atoms with Crippen LogP contribution in [-0.2, 0) is 0 Å². The van der Waals surface area contributed by atoms with E-state index in [9.17, 15) is 9.59 Å². The van der Waals surface area contributed by atoms with Crippen molar-refractivity contribution in [3.05, 3.63) is 23.5 Å². The highest BCUT2D eigenvalue weighted by atomic mass is 16.2. The summed E-state index contributed by atoms with van der Waals surface area (Å²) in [7, 11) is 0. The van der Waals surface area contributed by atoms with Gasteiger partial charge in [0.1, 0.15) is 5.69 Å². The molecular weight excluding hydrogens is 240 g/mol. The number of amides is 1. The Morgan fingerprint density at radius 2 is 1.95 bits per heavy atom. The summed E-state index contributed by atoms with van der Waals surface area (Å²) >= 11 is 0. The zero-order valence-electron chi connectivity index (χ0n) is 12.2. The molecule has 1 amide bonds. The Kier molecular flexibility index (Phi) is 5.80. The average Bonchev–Trinajstić information content (AvgIpc) is 2.77. The second-order valence-corrected chi connectivity index (χ2v) is 5.56. The van der Waals surface area contributed by atoms with Crippen molar-refractivity contribution in [3.63, 3.8) is 0 Å². The van der Waals surface area contributed by atoms with Crippen LogP contribution in [0.25, 0.3) is 0 Å². The number of ketones is 1. The van der Waals surface area contributed by atoms with E-state index in [1.807, 2.05) is 6.92 Å². The second kappa shape index (κ2) is 7.12. The molecule has 0 spiro atoms. The smallest absolute Gasteiger partial charge is 0.267 e. The molecule has 4 nitrogen and oxygen atoms in total. The van der Waals surface area contributed by atoms with Crippen LogP contribution in [0, 0.1) is 5.92 Å². The fraction of sp³-hybridized carbons (Fsp3) is 0.600. The van der Waals surface area contributed by atoms with Gasteiger partial charge in [-0.2, -0.15) is 0 Å². The van der Waals surface area contributed by atoms with Gasteiger partial charge in [-0.3, -0.25) is 9.59 Å². The topological polar surface area (TPSA) is 62.0 Å². The molecule has 4 heteroatoms. The van der Waals surface area contributed by atoms with E-state index in [1.54, 1.807) is 12.3 Å². The first-order valence-corrected chi connectivity index (χ1v) is 6.90. The van der Waals surface area contributed by atoms with Crippen molar-refractivity contribution in [2.45, 2.75) is 53.0 Å². The molecular formula is C15H24N2O2. The molecule has 19 heavy (non-hydrogen) atoms. The van der Waals surface area contributed by atoms with E-state index in [-0.39, 0.29) is 17.7 Å². The van der Waals surface area contributed by atoms with Crippen LogP contribution in [0.3, 0.4) is 0 Å². The van der Waals surface area contributed by atoms with Crippen LogP contribution >= 0.6 is 0 Å². The van der Waals surface area contributed by atoms with Crippen LogP contribution in [0.4, 0.5) is 0 Å². The van der Waals surface area contributed by atoms with Crippen molar-refractivity contribution in [1.29, 1.82) is 0 Å². The van der Waals surface area contributed by atoms with E-state index in [0.29, 0.717) is 17.2 Å². The molecule has 1 aromatic heterocycles. The van der Waals surface area contributed by atoms with Crippen LogP contribution < -0.4 is 5.32 Å². The summed E-state index contributed by atoms with van der Waals surface area (Å²) in [5.41, 5.74) is 0.985. The number of carbonyl (C=O) groups is 2. The number of Topliss-reactive ketones (excluding diaryl/α,β-unsaturated/α-hetero) is 1. The first-order valence-electron chi connectivity index (χ1n) is 6.90. The lowest BCUT2D eigenvalue weighted by Crippen LogP contribution is -2.32. The normalized spacial score (nSPS) is 12.5. The maximum atomic E-state index is 11.9. The van der Waals surface area contributed by atoms with Gasteiger partial charge in [-0.05, 0) is 32.3 Å². The fourth-order valence-corrected chi connectivity index (χ4v) is 1.93. The molecule has 1 atom stereocenters. The third kappa shape index (κ3) is 5.28. The van der Waals surface area contributed by atoms with Crippen molar-refractivity contribution in [1.82, 2.24) is 10.3 Å². The zero-order chi connectivity index (χ0) is 14.4. The number of rotatable bonds is 7. The Balaban J connectivity index is 2.42. The summed E-state index contributed by atoms with van der Waals surface area (Å²) in [5, 5.41) is 2.94. The fourth-order valence-electron chi connectivity index (χ4n) is 1.93. The van der Waals surface area contributed by atoms with Gasteiger partial charge in [-0.25, -0.2) is 0 Å². The molecule has 0 aliphatic rings. The van der Waals surface area contributed by atoms with E-state index in [1.165, 1.54) is 13.3 Å². The molecule has 0 saturated carbocycles. The highest BCUT2D eigenvalue weighted by molar-refractivity contribution is 5.99. The molecule has 1 unspecified atom stereocenters. The summed E-state index contributed by atoms with van der Waals surface area (Å²) in [4.78, 5) is 25.9. The van der Waals surface area contributed by atoms with Gasteiger partial charge in [0.2, 0.25) is 0 Å². The minimum absolute atomic E-state index is 0.0414. The van der Waals surface area contributed by atoms with Gasteiger partial charge in [0.05, 0.1) is 0 Å². The van der Waals surface area contributed by atoms with Crippen LogP contribution in [0.15, 0.2) is 12.3 Å². The molecule has 0 aliphatic heterocycles. The minimum atomic E-state index is -0.149. The van der Waals surface area contributed by atoms with Crippen LogP contribution in [0.1, 0.15) is 67.8 Å². The summed E-state index contributed by atoms with van der Waals surface area (Å²) in [6.07, 6.45) is 4.84. The van der Waals surface area contributed by atoms with E-state index in [0.717, 1.165) is 12.8 Å². The Morgan fingerprint density at radius 1 is 1.26 bits per heavy atom. The summed E-state index contributed by atoms with van der Waals surface area (Å²) in [6, 6.07) is 1.74. The Bertz CT molecular complexity index is 435. The molecule has 0 radical (unpaired) electrons. The maximum absolute atomic E-state index is 11.9. The lowest BCUT2D eigenvalue weighted by atomic mass is 10.0. The number of nitrogens with one attached hydrogen (secondary N) is 2. The largest absolute Gasteiger partial charge is 0.356 e. The third-order valence-corrected chi connectivity index (χ3v) is 3.13. The lowest BCUT2D eigenvalue weighted by molar-refractivity contribution is 0.0933. The predicted molar refractivity (Wildman–Crippen MR) is 76.4 cm³/mol. The SMILES string of the molecule is CC(=O)c1c[nH]c(C(=O)NC(C)CCCC(C)C)c1. The minimum Gasteiger partial charge on any atom is -0.356 e. The van der Waals surface area contributed by atoms with Crippen LogP contribution in [-0.4, -0.2) is 22.7 Å². The highest BCUT2D eigenvalue weighted by Crippen LogP contribution is 2.09. The number of aromatic nitrogens is 1. The molecule has 0 saturated heterocycles. The quantitative estimate of drug-likeness (QED) is 0.743. The van der Waals surface area contributed by atoms with Gasteiger partial charge in [-0.15, -0.1) is 0 Å². The number of H-pyrrole nitrogens is 1. The Morgan fingerprint density at radius 3 is 2.47 bits per heavy atom. The summed E-state index contributed by atoms with van der Waals surface area (Å²) in [6.45, 7) is 7.89. The van der Waals surface area contributed by atoms with Crippen molar-refractivity contribution in [2.24, 2.45) is 5.92 Å². The monoisotopic (exact) mass is 264 g/mol. The maximum Gasteiger partial charge on any atom is 0.267 e. The van der Waals surface area contributed by atoms with Gasteiger partial charge in [-0.1, -0.05) is 26.7 Å². The van der Waals surface area contributed by atoms with Gasteiger partial charge in [0.15, 0.2) is 5.78 Å². The van der Waals surface area contributed by atoms with Gasteiger partial charge in [0, 0.05) is 17.8 Å².